The Morgan fingerprint density at radius 3 is 2.84 bits per heavy atom. The number of fused-ring (bicyclic) bond motifs is 2. The van der Waals surface area contributed by atoms with Gasteiger partial charge in [-0.3, -0.25) is 0 Å². The Labute approximate surface area is 115 Å². The smallest absolute Gasteiger partial charge is 0.228 e. The fraction of sp³-hybridized carbons (Fsp3) is 0.867. The minimum absolute atomic E-state index is 0.457. The molecule has 2 saturated carbocycles. The molecule has 0 aromatic carbocycles. The van der Waals surface area contributed by atoms with Crippen LogP contribution in [0.1, 0.15) is 63.6 Å². The predicted molar refractivity (Wildman–Crippen MR) is 73.9 cm³/mol. The lowest BCUT2D eigenvalue weighted by atomic mass is 9.88. The van der Waals surface area contributed by atoms with Gasteiger partial charge in [-0.1, -0.05) is 25.4 Å². The molecule has 19 heavy (non-hydrogen) atoms. The minimum atomic E-state index is 0.457. The Hall–Kier alpha value is -0.900. The SMILES string of the molecule is CCNC(CC)Cc1nc(C2CC3CCC2C3)no1. The van der Waals surface area contributed by atoms with Crippen LogP contribution in [-0.2, 0) is 6.42 Å². The van der Waals surface area contributed by atoms with Crippen LogP contribution >= 0.6 is 0 Å². The fourth-order valence-electron chi connectivity index (χ4n) is 3.92. The van der Waals surface area contributed by atoms with Crippen LogP contribution in [0.3, 0.4) is 0 Å². The normalized spacial score (nSPS) is 30.9. The second-order valence-corrected chi connectivity index (χ2v) is 6.19. The number of nitrogens with zero attached hydrogens (tertiary/aromatic N) is 2. The Balaban J connectivity index is 1.63. The van der Waals surface area contributed by atoms with Gasteiger partial charge in [0.05, 0.1) is 0 Å². The average Bonchev–Trinajstić information content (AvgIpc) is 3.13. The molecule has 3 rings (SSSR count). The van der Waals surface area contributed by atoms with Crippen LogP contribution < -0.4 is 5.32 Å². The van der Waals surface area contributed by atoms with E-state index in [1.54, 1.807) is 0 Å². The second-order valence-electron chi connectivity index (χ2n) is 6.19. The van der Waals surface area contributed by atoms with Gasteiger partial charge in [-0.25, -0.2) is 0 Å². The first-order valence-electron chi connectivity index (χ1n) is 7.86. The molecule has 0 amide bonds. The van der Waals surface area contributed by atoms with Crippen molar-refractivity contribution in [1.82, 2.24) is 15.5 Å². The number of hydrogen-bond acceptors (Lipinski definition) is 4. The van der Waals surface area contributed by atoms with Gasteiger partial charge < -0.3 is 9.84 Å². The lowest BCUT2D eigenvalue weighted by Crippen LogP contribution is -2.30. The molecule has 1 heterocycles. The molecule has 0 saturated heterocycles. The molecular weight excluding hydrogens is 238 g/mol. The van der Waals surface area contributed by atoms with Crippen molar-refractivity contribution < 1.29 is 4.52 Å². The summed E-state index contributed by atoms with van der Waals surface area (Å²) in [5.74, 6) is 4.13. The van der Waals surface area contributed by atoms with E-state index in [-0.39, 0.29) is 0 Å². The third-order valence-electron chi connectivity index (χ3n) is 4.96. The lowest BCUT2D eigenvalue weighted by Gasteiger charge is -2.17. The van der Waals surface area contributed by atoms with Crippen molar-refractivity contribution in [1.29, 1.82) is 0 Å². The molecule has 2 aliphatic carbocycles. The zero-order chi connectivity index (χ0) is 13.2. The van der Waals surface area contributed by atoms with E-state index < -0.39 is 0 Å². The van der Waals surface area contributed by atoms with Crippen molar-refractivity contribution in [3.63, 3.8) is 0 Å². The van der Waals surface area contributed by atoms with Crippen LogP contribution in [-0.4, -0.2) is 22.7 Å². The van der Waals surface area contributed by atoms with Crippen molar-refractivity contribution in [2.45, 2.75) is 64.3 Å². The summed E-state index contributed by atoms with van der Waals surface area (Å²) in [7, 11) is 0. The lowest BCUT2D eigenvalue weighted by molar-refractivity contribution is 0.339. The molecule has 0 spiro atoms. The fourth-order valence-corrected chi connectivity index (χ4v) is 3.92. The summed E-state index contributed by atoms with van der Waals surface area (Å²) in [4.78, 5) is 4.66. The molecule has 0 radical (unpaired) electrons. The van der Waals surface area contributed by atoms with E-state index in [1.807, 2.05) is 0 Å². The Bertz CT molecular complexity index is 417. The minimum Gasteiger partial charge on any atom is -0.339 e. The molecule has 1 aromatic rings. The van der Waals surface area contributed by atoms with Gasteiger partial charge in [-0.15, -0.1) is 0 Å². The zero-order valence-corrected chi connectivity index (χ0v) is 12.1. The number of hydrogen-bond donors (Lipinski definition) is 1. The quantitative estimate of drug-likeness (QED) is 0.857. The summed E-state index contributed by atoms with van der Waals surface area (Å²) in [6.07, 6.45) is 7.42. The summed E-state index contributed by atoms with van der Waals surface area (Å²) in [5.41, 5.74) is 0. The third kappa shape index (κ3) is 2.69. The van der Waals surface area contributed by atoms with Gasteiger partial charge >= 0.3 is 0 Å². The predicted octanol–water partition coefficient (Wildman–Crippen LogP) is 2.90. The van der Waals surface area contributed by atoms with Gasteiger partial charge in [0.2, 0.25) is 5.89 Å². The first-order chi connectivity index (χ1) is 9.30. The number of rotatable bonds is 6. The maximum Gasteiger partial charge on any atom is 0.228 e. The van der Waals surface area contributed by atoms with Crippen LogP contribution in [0.5, 0.6) is 0 Å². The standard InChI is InChI=1S/C15H25N3O/c1-3-12(16-4-2)9-14-17-15(18-19-14)13-8-10-5-6-11(13)7-10/h10-13,16H,3-9H2,1-2H3. The van der Waals surface area contributed by atoms with E-state index in [4.69, 9.17) is 4.52 Å². The van der Waals surface area contributed by atoms with E-state index in [2.05, 4.69) is 29.3 Å². The van der Waals surface area contributed by atoms with E-state index in [0.29, 0.717) is 12.0 Å². The van der Waals surface area contributed by atoms with Crippen LogP contribution in [0.2, 0.25) is 0 Å². The summed E-state index contributed by atoms with van der Waals surface area (Å²) in [5, 5.41) is 7.71. The molecule has 2 fully saturated rings. The third-order valence-corrected chi connectivity index (χ3v) is 4.96. The van der Waals surface area contributed by atoms with E-state index >= 15 is 0 Å². The number of likely N-dealkylation sites (N-methyl/N-ethyl adjacent to an activating group) is 1. The van der Waals surface area contributed by atoms with Gasteiger partial charge in [-0.05, 0) is 44.1 Å². The molecule has 4 atom stereocenters. The number of nitrogens with one attached hydrogen (secondary N) is 1. The summed E-state index contributed by atoms with van der Waals surface area (Å²) < 4.78 is 5.46. The Morgan fingerprint density at radius 1 is 1.32 bits per heavy atom. The molecule has 0 aliphatic heterocycles. The Morgan fingerprint density at radius 2 is 2.21 bits per heavy atom. The van der Waals surface area contributed by atoms with Gasteiger partial charge in [0.1, 0.15) is 0 Å². The van der Waals surface area contributed by atoms with Crippen molar-refractivity contribution in [3.8, 4) is 0 Å². The number of aromatic nitrogens is 2. The largest absolute Gasteiger partial charge is 0.339 e. The molecule has 4 nitrogen and oxygen atoms in total. The molecule has 2 bridgehead atoms. The highest BCUT2D eigenvalue weighted by Crippen LogP contribution is 2.52. The molecule has 4 heteroatoms. The molecule has 1 aromatic heterocycles. The molecule has 1 N–H and O–H groups in total. The van der Waals surface area contributed by atoms with Gasteiger partial charge in [-0.2, -0.15) is 4.98 Å². The summed E-state index contributed by atoms with van der Waals surface area (Å²) >= 11 is 0. The van der Waals surface area contributed by atoms with Crippen LogP contribution in [0.25, 0.3) is 0 Å². The van der Waals surface area contributed by atoms with Crippen LogP contribution in [0, 0.1) is 11.8 Å². The van der Waals surface area contributed by atoms with Crippen molar-refractivity contribution >= 4 is 0 Å². The van der Waals surface area contributed by atoms with E-state index in [9.17, 15) is 0 Å². The zero-order valence-electron chi connectivity index (χ0n) is 12.1. The van der Waals surface area contributed by atoms with Crippen LogP contribution in [0.4, 0.5) is 0 Å². The van der Waals surface area contributed by atoms with Crippen molar-refractivity contribution in [2.24, 2.45) is 11.8 Å². The topological polar surface area (TPSA) is 51.0 Å². The van der Waals surface area contributed by atoms with Crippen molar-refractivity contribution in [3.05, 3.63) is 11.7 Å². The Kier molecular flexibility index (Phi) is 3.87. The maximum absolute atomic E-state index is 5.46. The average molecular weight is 263 g/mol. The first-order valence-corrected chi connectivity index (χ1v) is 7.86. The highest BCUT2D eigenvalue weighted by molar-refractivity contribution is 5.06. The monoisotopic (exact) mass is 263 g/mol. The first kappa shape index (κ1) is 13.1. The van der Waals surface area contributed by atoms with E-state index in [1.165, 1.54) is 25.7 Å². The van der Waals surface area contributed by atoms with E-state index in [0.717, 1.165) is 42.9 Å². The summed E-state index contributed by atoms with van der Waals surface area (Å²) in [6.45, 7) is 5.32. The molecular formula is C15H25N3O. The maximum atomic E-state index is 5.46. The van der Waals surface area contributed by atoms with Gasteiger partial charge in [0.25, 0.3) is 0 Å². The van der Waals surface area contributed by atoms with Gasteiger partial charge in [0, 0.05) is 18.4 Å². The molecule has 2 aliphatic rings. The highest BCUT2D eigenvalue weighted by atomic mass is 16.5. The molecule has 4 unspecified atom stereocenters. The van der Waals surface area contributed by atoms with Crippen LogP contribution in [0.15, 0.2) is 4.52 Å². The summed E-state index contributed by atoms with van der Waals surface area (Å²) in [6, 6.07) is 0.457. The highest BCUT2D eigenvalue weighted by Gasteiger charge is 2.42. The van der Waals surface area contributed by atoms with Gasteiger partial charge in [0.15, 0.2) is 5.82 Å². The second kappa shape index (κ2) is 5.61. The molecule has 106 valence electrons. The van der Waals surface area contributed by atoms with Crippen molar-refractivity contribution in [2.75, 3.05) is 6.54 Å².